The van der Waals surface area contributed by atoms with Gasteiger partial charge in [0, 0.05) is 24.2 Å². The second-order valence-electron chi connectivity index (χ2n) is 4.79. The Labute approximate surface area is 124 Å². The molecule has 0 aromatic carbocycles. The number of nitrogens with zero attached hydrogens (tertiary/aromatic N) is 5. The summed E-state index contributed by atoms with van der Waals surface area (Å²) < 4.78 is 3.47. The van der Waals surface area contributed by atoms with Gasteiger partial charge in [-0.1, -0.05) is 11.8 Å². The molecule has 0 fully saturated rings. The van der Waals surface area contributed by atoms with Crippen molar-refractivity contribution in [3.8, 4) is 17.1 Å². The molecule has 0 unspecified atom stereocenters. The lowest BCUT2D eigenvalue weighted by molar-refractivity contribution is 0.0939. The molecule has 7 heteroatoms. The molecule has 21 heavy (non-hydrogen) atoms. The second-order valence-corrected chi connectivity index (χ2v) is 5.73. The first kappa shape index (κ1) is 12.3. The number of imidazole rings is 2. The van der Waals surface area contributed by atoms with Gasteiger partial charge in [0.2, 0.25) is 5.91 Å². The van der Waals surface area contributed by atoms with Gasteiger partial charge < -0.3 is 0 Å². The van der Waals surface area contributed by atoms with Crippen molar-refractivity contribution in [2.75, 3.05) is 5.75 Å². The van der Waals surface area contributed by atoms with Crippen LogP contribution in [0.3, 0.4) is 0 Å². The lowest BCUT2D eigenvalue weighted by Gasteiger charge is -2.02. The Morgan fingerprint density at radius 1 is 1.24 bits per heavy atom. The van der Waals surface area contributed by atoms with Gasteiger partial charge in [-0.3, -0.25) is 13.9 Å². The van der Waals surface area contributed by atoms with Crippen molar-refractivity contribution in [3.05, 3.63) is 42.7 Å². The van der Waals surface area contributed by atoms with Crippen molar-refractivity contribution in [3.63, 3.8) is 0 Å². The van der Waals surface area contributed by atoms with Gasteiger partial charge in [0.05, 0.1) is 17.1 Å². The van der Waals surface area contributed by atoms with E-state index in [0.717, 1.165) is 27.9 Å². The zero-order chi connectivity index (χ0) is 14.4. The SMILES string of the molecule is Cc1cn(-c2ccc(-c3cn4c(n3)SCC4=O)cn2)cn1. The van der Waals surface area contributed by atoms with E-state index in [1.165, 1.54) is 11.8 Å². The summed E-state index contributed by atoms with van der Waals surface area (Å²) in [6.45, 7) is 1.94. The minimum Gasteiger partial charge on any atom is -0.290 e. The molecule has 4 heterocycles. The monoisotopic (exact) mass is 297 g/mol. The topological polar surface area (TPSA) is 65.6 Å². The fourth-order valence-corrected chi connectivity index (χ4v) is 3.06. The third-order valence-corrected chi connectivity index (χ3v) is 4.22. The molecule has 0 saturated heterocycles. The molecule has 0 atom stereocenters. The highest BCUT2D eigenvalue weighted by Gasteiger charge is 2.22. The molecule has 0 aliphatic carbocycles. The fourth-order valence-electron chi connectivity index (χ4n) is 2.22. The molecule has 3 aromatic heterocycles. The van der Waals surface area contributed by atoms with Gasteiger partial charge in [-0.05, 0) is 19.1 Å². The van der Waals surface area contributed by atoms with Crippen LogP contribution >= 0.6 is 11.8 Å². The van der Waals surface area contributed by atoms with E-state index in [9.17, 15) is 4.79 Å². The third kappa shape index (κ3) is 2.06. The van der Waals surface area contributed by atoms with Crippen molar-refractivity contribution >= 4 is 17.7 Å². The van der Waals surface area contributed by atoms with Crippen LogP contribution in [0.4, 0.5) is 0 Å². The van der Waals surface area contributed by atoms with E-state index < -0.39 is 0 Å². The predicted octanol–water partition coefficient (Wildman–Crippen LogP) is 2.19. The van der Waals surface area contributed by atoms with Crippen LogP contribution in [0.1, 0.15) is 10.5 Å². The number of aryl methyl sites for hydroxylation is 1. The number of carbonyl (C=O) groups is 1. The van der Waals surface area contributed by atoms with Crippen LogP contribution in [-0.2, 0) is 0 Å². The normalized spacial score (nSPS) is 13.7. The number of carbonyl (C=O) groups excluding carboxylic acids is 1. The molecule has 1 aliphatic rings. The average molecular weight is 297 g/mol. The Kier molecular flexibility index (Phi) is 2.68. The zero-order valence-electron chi connectivity index (χ0n) is 11.2. The fraction of sp³-hybridized carbons (Fsp3) is 0.143. The van der Waals surface area contributed by atoms with Crippen molar-refractivity contribution in [2.45, 2.75) is 12.1 Å². The second kappa shape index (κ2) is 4.56. The molecule has 0 radical (unpaired) electrons. The van der Waals surface area contributed by atoms with Gasteiger partial charge >= 0.3 is 0 Å². The largest absolute Gasteiger partial charge is 0.290 e. The molecular weight excluding hydrogens is 286 g/mol. The van der Waals surface area contributed by atoms with Gasteiger partial charge in [0.25, 0.3) is 0 Å². The van der Waals surface area contributed by atoms with E-state index in [1.807, 2.05) is 29.8 Å². The maximum absolute atomic E-state index is 11.6. The first-order chi connectivity index (χ1) is 10.2. The van der Waals surface area contributed by atoms with E-state index in [1.54, 1.807) is 23.3 Å². The van der Waals surface area contributed by atoms with Gasteiger partial charge in [0.15, 0.2) is 5.16 Å². The summed E-state index contributed by atoms with van der Waals surface area (Å²) in [7, 11) is 0. The molecule has 104 valence electrons. The van der Waals surface area contributed by atoms with E-state index in [2.05, 4.69) is 15.0 Å². The van der Waals surface area contributed by atoms with Crippen LogP contribution in [0.25, 0.3) is 17.1 Å². The lowest BCUT2D eigenvalue weighted by Crippen LogP contribution is -2.04. The highest BCUT2D eigenvalue weighted by molar-refractivity contribution is 8.00. The quantitative estimate of drug-likeness (QED) is 0.725. The third-order valence-electron chi connectivity index (χ3n) is 3.29. The Morgan fingerprint density at radius 2 is 2.14 bits per heavy atom. The van der Waals surface area contributed by atoms with Crippen molar-refractivity contribution < 1.29 is 4.79 Å². The molecule has 6 nitrogen and oxygen atoms in total. The van der Waals surface area contributed by atoms with Crippen LogP contribution in [-0.4, -0.2) is 35.7 Å². The number of thioether (sulfide) groups is 1. The summed E-state index contributed by atoms with van der Waals surface area (Å²) in [5, 5.41) is 0.754. The van der Waals surface area contributed by atoms with Crippen molar-refractivity contribution in [1.29, 1.82) is 0 Å². The predicted molar refractivity (Wildman–Crippen MR) is 78.7 cm³/mol. The molecule has 0 amide bonds. The van der Waals surface area contributed by atoms with Crippen LogP contribution in [0, 0.1) is 6.92 Å². The Balaban J connectivity index is 1.68. The van der Waals surface area contributed by atoms with Crippen LogP contribution in [0.2, 0.25) is 0 Å². The summed E-state index contributed by atoms with van der Waals surface area (Å²) in [5.74, 6) is 1.35. The first-order valence-electron chi connectivity index (χ1n) is 6.43. The van der Waals surface area contributed by atoms with Crippen molar-refractivity contribution in [2.24, 2.45) is 0 Å². The van der Waals surface area contributed by atoms with E-state index in [4.69, 9.17) is 0 Å². The number of aromatic nitrogens is 5. The smallest absolute Gasteiger partial charge is 0.243 e. The first-order valence-corrected chi connectivity index (χ1v) is 7.42. The van der Waals surface area contributed by atoms with Crippen LogP contribution in [0.5, 0.6) is 0 Å². The summed E-state index contributed by atoms with van der Waals surface area (Å²) >= 11 is 1.46. The number of hydrogen-bond donors (Lipinski definition) is 0. The minimum absolute atomic E-state index is 0.0761. The standard InChI is InChI=1S/C14H11N5OS/c1-9-5-18(8-16-9)12-3-2-10(4-15-12)11-6-19-13(20)7-21-14(19)17-11/h2-6,8H,7H2,1H3. The minimum atomic E-state index is 0.0761. The molecule has 0 N–H and O–H groups in total. The van der Waals surface area contributed by atoms with Gasteiger partial charge in [0.1, 0.15) is 12.1 Å². The summed E-state index contributed by atoms with van der Waals surface area (Å²) in [4.78, 5) is 24.7. The van der Waals surface area contributed by atoms with E-state index in [-0.39, 0.29) is 5.91 Å². The highest BCUT2D eigenvalue weighted by Crippen LogP contribution is 2.28. The van der Waals surface area contributed by atoms with Crippen LogP contribution < -0.4 is 0 Å². The molecular formula is C14H11N5OS. The molecule has 0 saturated carbocycles. The maximum Gasteiger partial charge on any atom is 0.243 e. The maximum atomic E-state index is 11.6. The van der Waals surface area contributed by atoms with Gasteiger partial charge in [-0.15, -0.1) is 0 Å². The number of fused-ring (bicyclic) bond motifs is 1. The van der Waals surface area contributed by atoms with Gasteiger partial charge in [-0.25, -0.2) is 15.0 Å². The number of rotatable bonds is 2. The number of hydrogen-bond acceptors (Lipinski definition) is 5. The molecule has 1 aliphatic heterocycles. The zero-order valence-corrected chi connectivity index (χ0v) is 12.0. The molecule has 4 rings (SSSR count). The van der Waals surface area contributed by atoms with E-state index >= 15 is 0 Å². The molecule has 0 bridgehead atoms. The Bertz CT molecular complexity index is 833. The summed E-state index contributed by atoms with van der Waals surface area (Å²) in [6, 6.07) is 3.86. The molecule has 0 spiro atoms. The summed E-state index contributed by atoms with van der Waals surface area (Å²) in [6.07, 6.45) is 7.19. The van der Waals surface area contributed by atoms with E-state index in [0.29, 0.717) is 5.75 Å². The lowest BCUT2D eigenvalue weighted by atomic mass is 10.2. The summed E-state index contributed by atoms with van der Waals surface area (Å²) in [5.41, 5.74) is 2.61. The van der Waals surface area contributed by atoms with Gasteiger partial charge in [-0.2, -0.15) is 0 Å². The van der Waals surface area contributed by atoms with Crippen LogP contribution in [0.15, 0.2) is 42.2 Å². The number of pyridine rings is 1. The Hall–Kier alpha value is -2.41. The molecule has 3 aromatic rings. The highest BCUT2D eigenvalue weighted by atomic mass is 32.2. The Morgan fingerprint density at radius 3 is 2.81 bits per heavy atom. The van der Waals surface area contributed by atoms with Crippen molar-refractivity contribution in [1.82, 2.24) is 24.1 Å². The average Bonchev–Trinajstić information content (AvgIpc) is 3.17.